The number of nitrogens with zero attached hydrogens (tertiary/aromatic N) is 2. The minimum Gasteiger partial charge on any atom is -0.375 e. The van der Waals surface area contributed by atoms with E-state index in [0.717, 1.165) is 26.1 Å². The molecule has 0 radical (unpaired) electrons. The van der Waals surface area contributed by atoms with Crippen LogP contribution in [0.3, 0.4) is 0 Å². The lowest BCUT2D eigenvalue weighted by molar-refractivity contribution is 0.645. The highest BCUT2D eigenvalue weighted by molar-refractivity contribution is 5.44. The van der Waals surface area contributed by atoms with E-state index in [9.17, 15) is 0 Å². The summed E-state index contributed by atoms with van der Waals surface area (Å²) in [5, 5.41) is 3.44. The van der Waals surface area contributed by atoms with E-state index < -0.39 is 0 Å². The van der Waals surface area contributed by atoms with Gasteiger partial charge in [-0.25, -0.2) is 0 Å². The van der Waals surface area contributed by atoms with Gasteiger partial charge >= 0.3 is 0 Å². The Kier molecular flexibility index (Phi) is 5.38. The lowest BCUT2D eigenvalue weighted by Crippen LogP contribution is -2.23. The predicted molar refractivity (Wildman–Crippen MR) is 80.3 cm³/mol. The molecule has 0 aliphatic rings. The summed E-state index contributed by atoms with van der Waals surface area (Å²) in [5.74, 6) is 0. The van der Waals surface area contributed by atoms with Crippen molar-refractivity contribution in [1.82, 2.24) is 10.3 Å². The molecule has 0 amide bonds. The van der Waals surface area contributed by atoms with Crippen LogP contribution in [0.25, 0.3) is 0 Å². The van der Waals surface area contributed by atoms with Gasteiger partial charge in [-0.3, -0.25) is 4.98 Å². The largest absolute Gasteiger partial charge is 0.375 e. The molecule has 0 saturated heterocycles. The maximum atomic E-state index is 4.10. The zero-order valence-electron chi connectivity index (χ0n) is 11.4. The Bertz CT molecular complexity index is 456. The topological polar surface area (TPSA) is 28.2 Å². The van der Waals surface area contributed by atoms with Crippen molar-refractivity contribution in [3.63, 3.8) is 0 Å². The molecule has 0 aliphatic heterocycles. The van der Waals surface area contributed by atoms with Crippen LogP contribution in [0, 0.1) is 0 Å². The third kappa shape index (κ3) is 4.72. The van der Waals surface area contributed by atoms with Crippen LogP contribution >= 0.6 is 0 Å². The summed E-state index contributed by atoms with van der Waals surface area (Å²) in [6.07, 6.45) is 4.84. The number of benzene rings is 1. The highest BCUT2D eigenvalue weighted by Crippen LogP contribution is 2.10. The van der Waals surface area contributed by atoms with Crippen LogP contribution in [0.1, 0.15) is 12.0 Å². The van der Waals surface area contributed by atoms with Gasteiger partial charge in [0.15, 0.2) is 0 Å². The van der Waals surface area contributed by atoms with E-state index in [0.29, 0.717) is 0 Å². The Balaban J connectivity index is 1.62. The fourth-order valence-corrected chi connectivity index (χ4v) is 1.99. The number of anilines is 1. The molecule has 1 N–H and O–H groups in total. The van der Waals surface area contributed by atoms with Crippen molar-refractivity contribution in [1.29, 1.82) is 0 Å². The molecule has 0 atom stereocenters. The van der Waals surface area contributed by atoms with Crippen molar-refractivity contribution < 1.29 is 0 Å². The Labute approximate surface area is 115 Å². The first-order valence-electron chi connectivity index (χ1n) is 6.72. The average molecular weight is 255 g/mol. The van der Waals surface area contributed by atoms with Gasteiger partial charge < -0.3 is 10.2 Å². The van der Waals surface area contributed by atoms with E-state index in [-0.39, 0.29) is 0 Å². The molecule has 0 aliphatic carbocycles. The normalized spacial score (nSPS) is 10.4. The quantitative estimate of drug-likeness (QED) is 0.771. The summed E-state index contributed by atoms with van der Waals surface area (Å²) in [4.78, 5) is 6.39. The van der Waals surface area contributed by atoms with E-state index in [1.165, 1.54) is 11.3 Å². The van der Waals surface area contributed by atoms with Crippen molar-refractivity contribution in [3.05, 3.63) is 60.4 Å². The van der Waals surface area contributed by atoms with Gasteiger partial charge in [-0.15, -0.1) is 0 Å². The highest BCUT2D eigenvalue weighted by atomic mass is 15.1. The first-order chi connectivity index (χ1) is 9.36. The number of aromatic nitrogens is 1. The molecule has 0 bridgehead atoms. The SMILES string of the molecule is CN(CCCNCc1cccnc1)c1ccccc1. The number of hydrogen-bond acceptors (Lipinski definition) is 3. The monoisotopic (exact) mass is 255 g/mol. The molecule has 2 aromatic rings. The van der Waals surface area contributed by atoms with Gasteiger partial charge in [-0.2, -0.15) is 0 Å². The molecule has 3 heteroatoms. The molecule has 19 heavy (non-hydrogen) atoms. The number of rotatable bonds is 7. The number of hydrogen-bond donors (Lipinski definition) is 1. The second-order valence-electron chi connectivity index (χ2n) is 4.65. The molecule has 1 heterocycles. The van der Waals surface area contributed by atoms with E-state index in [4.69, 9.17) is 0 Å². The van der Waals surface area contributed by atoms with Gasteiger partial charge in [-0.05, 0) is 36.7 Å². The lowest BCUT2D eigenvalue weighted by Gasteiger charge is -2.19. The van der Waals surface area contributed by atoms with Gasteiger partial charge in [0.25, 0.3) is 0 Å². The number of pyridine rings is 1. The Morgan fingerprint density at radius 1 is 1.11 bits per heavy atom. The third-order valence-corrected chi connectivity index (χ3v) is 3.10. The van der Waals surface area contributed by atoms with E-state index in [1.54, 1.807) is 6.20 Å². The summed E-state index contributed by atoms with van der Waals surface area (Å²) in [6.45, 7) is 2.97. The highest BCUT2D eigenvalue weighted by Gasteiger charge is 1.98. The van der Waals surface area contributed by atoms with Crippen LogP contribution < -0.4 is 10.2 Å². The zero-order valence-corrected chi connectivity index (χ0v) is 11.4. The van der Waals surface area contributed by atoms with Crippen molar-refractivity contribution >= 4 is 5.69 Å². The molecule has 0 spiro atoms. The molecule has 3 nitrogen and oxygen atoms in total. The molecule has 0 unspecified atom stereocenters. The fourth-order valence-electron chi connectivity index (χ4n) is 1.99. The molecule has 2 rings (SSSR count). The third-order valence-electron chi connectivity index (χ3n) is 3.10. The van der Waals surface area contributed by atoms with Crippen molar-refractivity contribution in [3.8, 4) is 0 Å². The molecule has 0 fully saturated rings. The summed E-state index contributed by atoms with van der Waals surface area (Å²) in [5.41, 5.74) is 2.51. The first-order valence-corrected chi connectivity index (χ1v) is 6.72. The van der Waals surface area contributed by atoms with Gasteiger partial charge in [0, 0.05) is 38.2 Å². The smallest absolute Gasteiger partial charge is 0.0363 e. The van der Waals surface area contributed by atoms with Crippen LogP contribution in [0.15, 0.2) is 54.9 Å². The summed E-state index contributed by atoms with van der Waals surface area (Å²) >= 11 is 0. The minimum atomic E-state index is 0.892. The van der Waals surface area contributed by atoms with Crippen molar-refractivity contribution in [2.75, 3.05) is 25.0 Å². The molecule has 1 aromatic carbocycles. The lowest BCUT2D eigenvalue weighted by atomic mass is 10.2. The van der Waals surface area contributed by atoms with Crippen molar-refractivity contribution in [2.24, 2.45) is 0 Å². The molecule has 1 aromatic heterocycles. The van der Waals surface area contributed by atoms with Crippen LogP contribution in [0.2, 0.25) is 0 Å². The van der Waals surface area contributed by atoms with Gasteiger partial charge in [0.05, 0.1) is 0 Å². The van der Waals surface area contributed by atoms with Gasteiger partial charge in [0.1, 0.15) is 0 Å². The predicted octanol–water partition coefficient (Wildman–Crippen LogP) is 2.70. The van der Waals surface area contributed by atoms with Gasteiger partial charge in [-0.1, -0.05) is 24.3 Å². The molecule has 100 valence electrons. The van der Waals surface area contributed by atoms with Crippen LogP contribution in [0.5, 0.6) is 0 Å². The maximum absolute atomic E-state index is 4.10. The first kappa shape index (κ1) is 13.6. The Morgan fingerprint density at radius 2 is 1.95 bits per heavy atom. The van der Waals surface area contributed by atoms with Crippen molar-refractivity contribution in [2.45, 2.75) is 13.0 Å². The second-order valence-corrected chi connectivity index (χ2v) is 4.65. The van der Waals surface area contributed by atoms with Crippen LogP contribution in [-0.2, 0) is 6.54 Å². The number of para-hydroxylation sites is 1. The average Bonchev–Trinajstić information content (AvgIpc) is 2.49. The van der Waals surface area contributed by atoms with E-state index in [1.807, 2.05) is 18.3 Å². The summed E-state index contributed by atoms with van der Waals surface area (Å²) in [7, 11) is 2.14. The standard InChI is InChI=1S/C16H21N3/c1-19(16-8-3-2-4-9-16)12-6-11-18-14-15-7-5-10-17-13-15/h2-5,7-10,13,18H,6,11-12,14H2,1H3. The van der Waals surface area contributed by atoms with Gasteiger partial charge in [0.2, 0.25) is 0 Å². The van der Waals surface area contributed by atoms with Crippen LogP contribution in [0.4, 0.5) is 5.69 Å². The summed E-state index contributed by atoms with van der Waals surface area (Å²) < 4.78 is 0. The zero-order chi connectivity index (χ0) is 13.3. The van der Waals surface area contributed by atoms with Crippen LogP contribution in [-0.4, -0.2) is 25.1 Å². The Morgan fingerprint density at radius 3 is 2.68 bits per heavy atom. The van der Waals surface area contributed by atoms with E-state index >= 15 is 0 Å². The van der Waals surface area contributed by atoms with E-state index in [2.05, 4.69) is 52.6 Å². The molecular formula is C16H21N3. The molecular weight excluding hydrogens is 234 g/mol. The minimum absolute atomic E-state index is 0.892. The summed E-state index contributed by atoms with van der Waals surface area (Å²) in [6, 6.07) is 14.5. The Hall–Kier alpha value is -1.87. The second kappa shape index (κ2) is 7.54. The number of nitrogens with one attached hydrogen (secondary N) is 1. The fraction of sp³-hybridized carbons (Fsp3) is 0.312. The maximum Gasteiger partial charge on any atom is 0.0363 e. The molecule has 0 saturated carbocycles.